The monoisotopic (exact) mass is 429 g/mol. The van der Waals surface area contributed by atoms with Gasteiger partial charge >= 0.3 is 0 Å². The molecular formula is C28H19N3O2. The summed E-state index contributed by atoms with van der Waals surface area (Å²) in [4.78, 5) is 6.81. The molecule has 0 radical (unpaired) electrons. The Bertz CT molecular complexity index is 1680. The standard InChI is InChI=1S/C28H19N3O2/c1-2-8-18(9-3-1)31(21-12-6-14-24-25(21)20-11-7-16-29-27(20)33-24)22-15-17-30-28-26(22)19-10-4-5-13-23(19)32-28/h1-15,17,29H,16H2. The second-order valence-electron chi connectivity index (χ2n) is 8.06. The zero-order valence-electron chi connectivity index (χ0n) is 17.7. The number of aromatic nitrogens is 1. The highest BCUT2D eigenvalue weighted by Gasteiger charge is 2.24. The van der Waals surface area contributed by atoms with Gasteiger partial charge in [-0.1, -0.05) is 54.6 Å². The Labute approximate surface area is 189 Å². The van der Waals surface area contributed by atoms with Gasteiger partial charge in [0.05, 0.1) is 22.1 Å². The van der Waals surface area contributed by atoms with Crippen molar-refractivity contribution in [3.63, 3.8) is 0 Å². The highest BCUT2D eigenvalue weighted by molar-refractivity contribution is 6.14. The van der Waals surface area contributed by atoms with Crippen molar-refractivity contribution in [3.05, 3.63) is 96.7 Å². The van der Waals surface area contributed by atoms with E-state index >= 15 is 0 Å². The first-order valence-corrected chi connectivity index (χ1v) is 11.0. The van der Waals surface area contributed by atoms with Crippen LogP contribution in [0.1, 0.15) is 5.56 Å². The van der Waals surface area contributed by atoms with E-state index in [9.17, 15) is 0 Å². The summed E-state index contributed by atoms with van der Waals surface area (Å²) in [5.74, 6) is 0.807. The number of furan rings is 2. The Morgan fingerprint density at radius 1 is 0.758 bits per heavy atom. The molecule has 0 saturated heterocycles. The van der Waals surface area contributed by atoms with Crippen LogP contribution in [0.5, 0.6) is 0 Å². The highest BCUT2D eigenvalue weighted by Crippen LogP contribution is 2.46. The van der Waals surface area contributed by atoms with Crippen LogP contribution >= 0.6 is 0 Å². The molecule has 158 valence electrons. The summed E-state index contributed by atoms with van der Waals surface area (Å²) >= 11 is 0. The lowest BCUT2D eigenvalue weighted by atomic mass is 10.0. The zero-order chi connectivity index (χ0) is 21.8. The Hall–Kier alpha value is -4.51. The maximum absolute atomic E-state index is 6.18. The Morgan fingerprint density at radius 2 is 1.58 bits per heavy atom. The van der Waals surface area contributed by atoms with Crippen LogP contribution in [0.15, 0.2) is 100.0 Å². The van der Waals surface area contributed by atoms with Crippen LogP contribution in [-0.4, -0.2) is 11.5 Å². The largest absolute Gasteiger partial charge is 0.440 e. The first kappa shape index (κ1) is 18.1. The van der Waals surface area contributed by atoms with Crippen molar-refractivity contribution < 1.29 is 8.83 Å². The molecule has 0 spiro atoms. The minimum absolute atomic E-state index is 0.623. The van der Waals surface area contributed by atoms with Gasteiger partial charge in [-0.2, -0.15) is 0 Å². The third-order valence-corrected chi connectivity index (χ3v) is 6.15. The molecule has 7 rings (SSSR count). The predicted molar refractivity (Wildman–Crippen MR) is 133 cm³/mol. The van der Waals surface area contributed by atoms with Gasteiger partial charge in [-0.15, -0.1) is 0 Å². The van der Waals surface area contributed by atoms with E-state index < -0.39 is 0 Å². The topological polar surface area (TPSA) is 54.4 Å². The lowest BCUT2D eigenvalue weighted by Crippen LogP contribution is -2.11. The third kappa shape index (κ3) is 2.69. The molecule has 0 fully saturated rings. The van der Waals surface area contributed by atoms with E-state index in [0.29, 0.717) is 5.71 Å². The molecule has 1 aliphatic rings. The normalized spacial score (nSPS) is 12.8. The molecule has 0 unspecified atom stereocenters. The van der Waals surface area contributed by atoms with Gasteiger partial charge in [-0.3, -0.25) is 0 Å². The predicted octanol–water partition coefficient (Wildman–Crippen LogP) is 7.64. The summed E-state index contributed by atoms with van der Waals surface area (Å²) in [5, 5.41) is 6.44. The fourth-order valence-electron chi connectivity index (χ4n) is 4.76. The van der Waals surface area contributed by atoms with Gasteiger partial charge in [-0.05, 0) is 36.4 Å². The fraction of sp³-hybridized carbons (Fsp3) is 0.0357. The number of pyridine rings is 1. The number of fused-ring (bicyclic) bond motifs is 6. The molecule has 5 nitrogen and oxygen atoms in total. The third-order valence-electron chi connectivity index (χ3n) is 6.15. The molecular weight excluding hydrogens is 410 g/mol. The number of rotatable bonds is 3. The molecule has 0 bridgehead atoms. The van der Waals surface area contributed by atoms with Crippen LogP contribution in [0.2, 0.25) is 0 Å². The average Bonchev–Trinajstić information content (AvgIpc) is 3.44. The Balaban J connectivity index is 1.60. The van der Waals surface area contributed by atoms with Crippen LogP contribution in [-0.2, 0) is 0 Å². The SMILES string of the molecule is C1=Cc2c(oc3cccc(N(c4ccccc4)c4ccnc5oc6ccccc6c45)c23)NC1. The summed E-state index contributed by atoms with van der Waals surface area (Å²) in [6.45, 7) is 0.760. The van der Waals surface area contributed by atoms with Crippen molar-refractivity contribution >= 4 is 62.1 Å². The summed E-state index contributed by atoms with van der Waals surface area (Å²) in [5.41, 5.74) is 6.45. The average molecular weight is 429 g/mol. The van der Waals surface area contributed by atoms with Crippen molar-refractivity contribution in [2.75, 3.05) is 16.8 Å². The first-order chi connectivity index (χ1) is 16.4. The molecule has 0 saturated carbocycles. The summed E-state index contributed by atoms with van der Waals surface area (Å²) in [6.07, 6.45) is 6.07. The van der Waals surface area contributed by atoms with E-state index in [1.54, 1.807) is 0 Å². The molecule has 1 N–H and O–H groups in total. The Kier molecular flexibility index (Phi) is 3.84. The molecule has 4 heterocycles. The summed E-state index contributed by atoms with van der Waals surface area (Å²) < 4.78 is 12.3. The molecule has 3 aromatic carbocycles. The van der Waals surface area contributed by atoms with Crippen LogP contribution in [0.25, 0.3) is 39.1 Å². The number of benzene rings is 3. The van der Waals surface area contributed by atoms with E-state index in [4.69, 9.17) is 8.83 Å². The fourth-order valence-corrected chi connectivity index (χ4v) is 4.76. The van der Waals surface area contributed by atoms with Crippen LogP contribution < -0.4 is 10.2 Å². The number of para-hydroxylation sites is 2. The second kappa shape index (κ2) is 7.00. The van der Waals surface area contributed by atoms with Crippen molar-refractivity contribution in [1.82, 2.24) is 4.98 Å². The smallest absolute Gasteiger partial charge is 0.229 e. The molecule has 33 heavy (non-hydrogen) atoms. The number of anilines is 4. The first-order valence-electron chi connectivity index (χ1n) is 11.0. The van der Waals surface area contributed by atoms with Gasteiger partial charge in [0.2, 0.25) is 11.6 Å². The molecule has 3 aromatic heterocycles. The molecule has 0 aliphatic carbocycles. The zero-order valence-corrected chi connectivity index (χ0v) is 17.7. The molecule has 0 amide bonds. The van der Waals surface area contributed by atoms with Crippen molar-refractivity contribution in [2.45, 2.75) is 0 Å². The molecule has 0 atom stereocenters. The highest BCUT2D eigenvalue weighted by atomic mass is 16.4. The van der Waals surface area contributed by atoms with Gasteiger partial charge in [0, 0.05) is 29.4 Å². The van der Waals surface area contributed by atoms with Crippen molar-refractivity contribution in [1.29, 1.82) is 0 Å². The van der Waals surface area contributed by atoms with Gasteiger partial charge < -0.3 is 19.1 Å². The van der Waals surface area contributed by atoms with Crippen LogP contribution in [0.4, 0.5) is 22.9 Å². The number of nitrogens with zero attached hydrogens (tertiary/aromatic N) is 2. The summed E-state index contributed by atoms with van der Waals surface area (Å²) in [7, 11) is 0. The van der Waals surface area contributed by atoms with Gasteiger partial charge in [-0.25, -0.2) is 4.98 Å². The van der Waals surface area contributed by atoms with Crippen LogP contribution in [0.3, 0.4) is 0 Å². The maximum atomic E-state index is 6.18. The van der Waals surface area contributed by atoms with Gasteiger partial charge in [0.15, 0.2) is 0 Å². The Morgan fingerprint density at radius 3 is 2.52 bits per heavy atom. The minimum Gasteiger partial charge on any atom is -0.440 e. The van der Waals surface area contributed by atoms with E-state index in [1.807, 2.05) is 42.6 Å². The van der Waals surface area contributed by atoms with E-state index in [-0.39, 0.29) is 0 Å². The lowest BCUT2D eigenvalue weighted by molar-refractivity contribution is 0.628. The van der Waals surface area contributed by atoms with Gasteiger partial charge in [0.1, 0.15) is 11.2 Å². The molecule has 1 aliphatic heterocycles. The quantitative estimate of drug-likeness (QED) is 0.313. The number of hydrogen-bond acceptors (Lipinski definition) is 5. The van der Waals surface area contributed by atoms with E-state index in [2.05, 4.69) is 69.8 Å². The molecule has 6 aromatic rings. The van der Waals surface area contributed by atoms with Gasteiger partial charge in [0.25, 0.3) is 0 Å². The van der Waals surface area contributed by atoms with E-state index in [0.717, 1.165) is 62.4 Å². The lowest BCUT2D eigenvalue weighted by Gasteiger charge is -2.26. The molecule has 5 heteroatoms. The second-order valence-corrected chi connectivity index (χ2v) is 8.06. The summed E-state index contributed by atoms with van der Waals surface area (Å²) in [6, 6.07) is 26.7. The maximum Gasteiger partial charge on any atom is 0.229 e. The number of nitrogens with one attached hydrogen (secondary N) is 1. The minimum atomic E-state index is 0.623. The number of hydrogen-bond donors (Lipinski definition) is 1. The van der Waals surface area contributed by atoms with Crippen LogP contribution in [0, 0.1) is 0 Å². The van der Waals surface area contributed by atoms with E-state index in [1.165, 1.54) is 0 Å². The van der Waals surface area contributed by atoms with Crippen molar-refractivity contribution in [3.8, 4) is 0 Å². The van der Waals surface area contributed by atoms with Crippen molar-refractivity contribution in [2.24, 2.45) is 0 Å².